The van der Waals surface area contributed by atoms with E-state index in [2.05, 4.69) is 20.7 Å². The largest absolute Gasteiger partial charge is 0.573 e. The van der Waals surface area contributed by atoms with E-state index >= 15 is 0 Å². The molecule has 0 fully saturated rings. The molecule has 0 amide bonds. The summed E-state index contributed by atoms with van der Waals surface area (Å²) < 4.78 is 39.6. The zero-order chi connectivity index (χ0) is 13.9. The Morgan fingerprint density at radius 3 is 2.39 bits per heavy atom. The van der Waals surface area contributed by atoms with Gasteiger partial charge in [0.1, 0.15) is 6.10 Å². The van der Waals surface area contributed by atoms with Gasteiger partial charge in [0.15, 0.2) is 5.75 Å². The first-order valence-electron chi connectivity index (χ1n) is 4.82. The molecule has 8 heteroatoms. The maximum atomic E-state index is 12.0. The Labute approximate surface area is 109 Å². The number of anilines is 1. The van der Waals surface area contributed by atoms with Gasteiger partial charge in [-0.25, -0.2) is 0 Å². The molecule has 0 aliphatic heterocycles. The average Bonchev–Trinajstić information content (AvgIpc) is 2.28. The second kappa shape index (κ2) is 5.77. The summed E-state index contributed by atoms with van der Waals surface area (Å²) in [7, 11) is 0. The molecule has 0 saturated carbocycles. The second-order valence-corrected chi connectivity index (χ2v) is 4.16. The van der Waals surface area contributed by atoms with Gasteiger partial charge in [0, 0.05) is 5.33 Å². The van der Waals surface area contributed by atoms with Crippen molar-refractivity contribution in [3.8, 4) is 5.75 Å². The lowest BCUT2D eigenvalue weighted by molar-refractivity contribution is -0.274. The number of aliphatic hydroxyl groups is 2. The van der Waals surface area contributed by atoms with Gasteiger partial charge in [-0.3, -0.25) is 0 Å². The number of ether oxygens (including phenoxy) is 1. The maximum Gasteiger partial charge on any atom is 0.573 e. The normalized spacial score (nSPS) is 15.2. The van der Waals surface area contributed by atoms with Crippen LogP contribution in [-0.4, -0.2) is 28.0 Å². The molecule has 4 nitrogen and oxygen atoms in total. The van der Waals surface area contributed by atoms with Crippen LogP contribution in [0.3, 0.4) is 0 Å². The van der Waals surface area contributed by atoms with Crippen molar-refractivity contribution in [2.75, 3.05) is 11.1 Å². The molecule has 18 heavy (non-hydrogen) atoms. The first kappa shape index (κ1) is 15.1. The lowest BCUT2D eigenvalue weighted by Gasteiger charge is -2.17. The number of rotatable bonds is 4. The zero-order valence-electron chi connectivity index (χ0n) is 8.99. The number of aliphatic hydroxyl groups excluding tert-OH is 2. The smallest absolute Gasteiger partial charge is 0.404 e. The summed E-state index contributed by atoms with van der Waals surface area (Å²) in [4.78, 5) is 0. The van der Waals surface area contributed by atoms with E-state index in [9.17, 15) is 23.4 Å². The number of hydrogen-bond donors (Lipinski definition) is 3. The van der Waals surface area contributed by atoms with Crippen molar-refractivity contribution in [1.29, 1.82) is 0 Å². The van der Waals surface area contributed by atoms with Crippen LogP contribution in [0.15, 0.2) is 18.2 Å². The van der Waals surface area contributed by atoms with E-state index in [0.717, 1.165) is 12.1 Å². The maximum absolute atomic E-state index is 12.0. The minimum Gasteiger partial charge on any atom is -0.404 e. The van der Waals surface area contributed by atoms with Gasteiger partial charge in [0.05, 0.1) is 11.8 Å². The fourth-order valence-corrected chi connectivity index (χ4v) is 1.63. The highest BCUT2D eigenvalue weighted by atomic mass is 79.9. The van der Waals surface area contributed by atoms with E-state index in [0.29, 0.717) is 0 Å². The van der Waals surface area contributed by atoms with Gasteiger partial charge in [-0.2, -0.15) is 0 Å². The minimum atomic E-state index is -4.83. The second-order valence-electron chi connectivity index (χ2n) is 3.51. The molecule has 4 N–H and O–H groups in total. The van der Waals surface area contributed by atoms with E-state index < -0.39 is 24.3 Å². The number of benzene rings is 1. The SMILES string of the molecule is Nc1cc(C(O)C(O)CBr)ccc1OC(F)(F)F. The Morgan fingerprint density at radius 2 is 1.94 bits per heavy atom. The monoisotopic (exact) mass is 329 g/mol. The molecule has 2 unspecified atom stereocenters. The van der Waals surface area contributed by atoms with E-state index in [1.165, 1.54) is 6.07 Å². The van der Waals surface area contributed by atoms with E-state index in [-0.39, 0.29) is 16.6 Å². The molecule has 1 aromatic rings. The van der Waals surface area contributed by atoms with Crippen LogP contribution in [0.4, 0.5) is 18.9 Å². The van der Waals surface area contributed by atoms with Gasteiger partial charge in [-0.15, -0.1) is 13.2 Å². The molecule has 0 aromatic heterocycles. The summed E-state index contributed by atoms with van der Waals surface area (Å²) >= 11 is 2.97. The summed E-state index contributed by atoms with van der Waals surface area (Å²) in [6.07, 6.45) is -7.16. The molecule has 0 saturated heterocycles. The van der Waals surface area contributed by atoms with E-state index in [4.69, 9.17) is 5.73 Å². The van der Waals surface area contributed by atoms with Crippen molar-refractivity contribution in [3.05, 3.63) is 23.8 Å². The lowest BCUT2D eigenvalue weighted by Crippen LogP contribution is -2.20. The first-order chi connectivity index (χ1) is 8.24. The number of nitrogens with two attached hydrogens (primary N) is 1. The van der Waals surface area contributed by atoms with E-state index in [1.807, 2.05) is 0 Å². The molecule has 0 heterocycles. The molecule has 1 rings (SSSR count). The molecule has 102 valence electrons. The third kappa shape index (κ3) is 4.04. The van der Waals surface area contributed by atoms with Crippen LogP contribution in [0.1, 0.15) is 11.7 Å². The first-order valence-corrected chi connectivity index (χ1v) is 5.94. The van der Waals surface area contributed by atoms with Crippen LogP contribution in [-0.2, 0) is 0 Å². The molecule has 0 aliphatic carbocycles. The van der Waals surface area contributed by atoms with Gasteiger partial charge in [0.2, 0.25) is 0 Å². The minimum absolute atomic E-state index is 0.120. The highest BCUT2D eigenvalue weighted by Gasteiger charge is 2.32. The fourth-order valence-electron chi connectivity index (χ4n) is 1.28. The van der Waals surface area contributed by atoms with Crippen LogP contribution in [0, 0.1) is 0 Å². The lowest BCUT2D eigenvalue weighted by atomic mass is 10.0. The average molecular weight is 330 g/mol. The number of hydrogen-bond acceptors (Lipinski definition) is 4. The number of nitrogen functional groups attached to an aromatic ring is 1. The molecular formula is C10H11BrF3NO3. The highest BCUT2D eigenvalue weighted by molar-refractivity contribution is 9.09. The van der Waals surface area contributed by atoms with Crippen LogP contribution in [0.5, 0.6) is 5.75 Å². The molecule has 2 atom stereocenters. The predicted molar refractivity (Wildman–Crippen MR) is 62.3 cm³/mol. The Bertz CT molecular complexity index is 414. The molecule has 0 bridgehead atoms. The number of alkyl halides is 4. The third-order valence-electron chi connectivity index (χ3n) is 2.12. The van der Waals surface area contributed by atoms with Crippen LogP contribution >= 0.6 is 15.9 Å². The summed E-state index contributed by atoms with van der Waals surface area (Å²) in [6, 6.07) is 3.31. The molecule has 1 aromatic carbocycles. The third-order valence-corrected chi connectivity index (χ3v) is 2.79. The van der Waals surface area contributed by atoms with Crippen LogP contribution in [0.25, 0.3) is 0 Å². The Morgan fingerprint density at radius 1 is 1.33 bits per heavy atom. The Balaban J connectivity index is 2.92. The summed E-state index contributed by atoms with van der Waals surface area (Å²) in [5, 5.41) is 19.1. The molecular weight excluding hydrogens is 319 g/mol. The number of halogens is 4. The van der Waals surface area contributed by atoms with Gasteiger partial charge >= 0.3 is 6.36 Å². The van der Waals surface area contributed by atoms with Crippen molar-refractivity contribution in [1.82, 2.24) is 0 Å². The van der Waals surface area contributed by atoms with Crippen molar-refractivity contribution in [3.63, 3.8) is 0 Å². The Kier molecular flexibility index (Phi) is 4.83. The molecule has 0 radical (unpaired) electrons. The summed E-state index contributed by atoms with van der Waals surface area (Å²) in [5.74, 6) is -0.549. The van der Waals surface area contributed by atoms with Crippen LogP contribution < -0.4 is 10.5 Å². The van der Waals surface area contributed by atoms with Crippen molar-refractivity contribution in [2.45, 2.75) is 18.6 Å². The van der Waals surface area contributed by atoms with Gasteiger partial charge < -0.3 is 20.7 Å². The van der Waals surface area contributed by atoms with Gasteiger partial charge in [0.25, 0.3) is 0 Å². The summed E-state index contributed by atoms with van der Waals surface area (Å²) in [5.41, 5.74) is 5.31. The molecule has 0 aliphatic rings. The topological polar surface area (TPSA) is 75.7 Å². The quantitative estimate of drug-likeness (QED) is 0.583. The van der Waals surface area contributed by atoms with Crippen molar-refractivity contribution < 1.29 is 28.1 Å². The highest BCUT2D eigenvalue weighted by Crippen LogP contribution is 2.31. The fraction of sp³-hybridized carbons (Fsp3) is 0.400. The standard InChI is InChI=1S/C10H11BrF3NO3/c11-4-7(16)9(17)5-1-2-8(6(15)3-5)18-10(12,13)14/h1-3,7,9,16-17H,4,15H2. The van der Waals surface area contributed by atoms with Crippen molar-refractivity contribution in [2.24, 2.45) is 0 Å². The van der Waals surface area contributed by atoms with Crippen LogP contribution in [0.2, 0.25) is 0 Å². The molecule has 0 spiro atoms. The zero-order valence-corrected chi connectivity index (χ0v) is 10.6. The summed E-state index contributed by atoms with van der Waals surface area (Å²) in [6.45, 7) is 0. The van der Waals surface area contributed by atoms with Gasteiger partial charge in [-0.05, 0) is 17.7 Å². The predicted octanol–water partition coefficient (Wildman–Crippen LogP) is 1.96. The van der Waals surface area contributed by atoms with Gasteiger partial charge in [-0.1, -0.05) is 22.0 Å². The Hall–Kier alpha value is -0.990. The van der Waals surface area contributed by atoms with E-state index in [1.54, 1.807) is 0 Å². The van der Waals surface area contributed by atoms with Crippen molar-refractivity contribution >= 4 is 21.6 Å².